The van der Waals surface area contributed by atoms with E-state index in [1.54, 1.807) is 0 Å². The molecule has 0 atom stereocenters. The van der Waals surface area contributed by atoms with Crippen molar-refractivity contribution in [2.75, 3.05) is 12.5 Å². The maximum atomic E-state index is 2.31. The minimum absolute atomic E-state index is 1.13. The Balaban J connectivity index is 3.28. The summed E-state index contributed by atoms with van der Waals surface area (Å²) in [6, 6.07) is 2.31. The van der Waals surface area contributed by atoms with Crippen LogP contribution in [-0.2, 0) is 5.75 Å². The molecule has 0 bridgehead atoms. The highest BCUT2D eigenvalue weighted by Gasteiger charge is 2.09. The summed E-state index contributed by atoms with van der Waals surface area (Å²) < 4.78 is 0. The van der Waals surface area contributed by atoms with Crippen LogP contribution in [0, 0.1) is 20.8 Å². The van der Waals surface area contributed by atoms with Gasteiger partial charge in [-0.1, -0.05) is 6.07 Å². The van der Waals surface area contributed by atoms with Crippen LogP contribution in [0.2, 0.25) is 0 Å². The summed E-state index contributed by atoms with van der Waals surface area (Å²) >= 11 is 3.76. The first kappa shape index (κ1) is 12.0. The number of thioether (sulfide) groups is 2. The molecule has 0 radical (unpaired) electrons. The molecule has 0 fully saturated rings. The molecule has 0 saturated heterocycles. The molecule has 2 heteroatoms. The Hall–Kier alpha value is -0.0800. The van der Waals surface area contributed by atoms with E-state index in [1.165, 1.54) is 27.1 Å². The van der Waals surface area contributed by atoms with Crippen molar-refractivity contribution in [1.82, 2.24) is 0 Å². The van der Waals surface area contributed by atoms with Gasteiger partial charge in [-0.2, -0.15) is 11.8 Å². The van der Waals surface area contributed by atoms with E-state index in [9.17, 15) is 0 Å². The summed E-state index contributed by atoms with van der Waals surface area (Å²) in [6.07, 6.45) is 4.32. The molecule has 1 aromatic rings. The van der Waals surface area contributed by atoms with Gasteiger partial charge >= 0.3 is 0 Å². The maximum Gasteiger partial charge on any atom is 0.0187 e. The minimum Gasteiger partial charge on any atom is -0.161 e. The van der Waals surface area contributed by atoms with Crippen LogP contribution in [0.4, 0.5) is 0 Å². The van der Waals surface area contributed by atoms with E-state index >= 15 is 0 Å². The predicted molar refractivity (Wildman–Crippen MR) is 69.7 cm³/mol. The Morgan fingerprint density at radius 2 is 1.71 bits per heavy atom. The number of benzene rings is 1. The van der Waals surface area contributed by atoms with Gasteiger partial charge in [-0.05, 0) is 55.5 Å². The second-order valence-electron chi connectivity index (χ2n) is 3.58. The van der Waals surface area contributed by atoms with Crippen LogP contribution in [0.1, 0.15) is 22.3 Å². The Labute approximate surface area is 95.9 Å². The van der Waals surface area contributed by atoms with E-state index in [0.29, 0.717) is 0 Å². The lowest BCUT2D eigenvalue weighted by Gasteiger charge is -2.15. The van der Waals surface area contributed by atoms with Gasteiger partial charge < -0.3 is 0 Å². The molecule has 0 heterocycles. The Morgan fingerprint density at radius 1 is 1.07 bits per heavy atom. The maximum absolute atomic E-state index is 2.31. The first-order valence-electron chi connectivity index (χ1n) is 4.74. The smallest absolute Gasteiger partial charge is 0.0187 e. The summed E-state index contributed by atoms with van der Waals surface area (Å²) in [5, 5.41) is 0. The first-order valence-corrected chi connectivity index (χ1v) is 7.36. The Morgan fingerprint density at radius 3 is 2.21 bits per heavy atom. The molecule has 14 heavy (non-hydrogen) atoms. The fourth-order valence-corrected chi connectivity index (χ4v) is 3.43. The molecule has 0 aliphatic carbocycles. The zero-order chi connectivity index (χ0) is 10.7. The van der Waals surface area contributed by atoms with Gasteiger partial charge in [0.1, 0.15) is 0 Å². The second-order valence-corrected chi connectivity index (χ2v) is 5.26. The normalized spacial score (nSPS) is 10.6. The zero-order valence-electron chi connectivity index (χ0n) is 9.60. The van der Waals surface area contributed by atoms with E-state index in [1.807, 2.05) is 23.5 Å². The Kier molecular flexibility index (Phi) is 4.39. The summed E-state index contributed by atoms with van der Waals surface area (Å²) in [5.41, 5.74) is 5.85. The zero-order valence-corrected chi connectivity index (χ0v) is 11.2. The van der Waals surface area contributed by atoms with E-state index in [-0.39, 0.29) is 0 Å². The molecule has 1 aromatic carbocycles. The van der Waals surface area contributed by atoms with Gasteiger partial charge in [0.2, 0.25) is 0 Å². The molecule has 0 saturated carbocycles. The van der Waals surface area contributed by atoms with Crippen molar-refractivity contribution in [3.05, 3.63) is 28.3 Å². The van der Waals surface area contributed by atoms with Gasteiger partial charge in [0.25, 0.3) is 0 Å². The topological polar surface area (TPSA) is 0 Å². The highest BCUT2D eigenvalue weighted by Crippen LogP contribution is 2.30. The third kappa shape index (κ3) is 2.29. The van der Waals surface area contributed by atoms with E-state index < -0.39 is 0 Å². The summed E-state index contributed by atoms with van der Waals surface area (Å²) in [5.74, 6) is 1.13. The molecule has 0 aliphatic heterocycles. The quantitative estimate of drug-likeness (QED) is 0.709. The summed E-state index contributed by atoms with van der Waals surface area (Å²) in [6.45, 7) is 6.67. The molecule has 0 amide bonds. The Bertz CT molecular complexity index is 330. The van der Waals surface area contributed by atoms with Gasteiger partial charge in [0.15, 0.2) is 0 Å². The van der Waals surface area contributed by atoms with Crippen LogP contribution in [0.3, 0.4) is 0 Å². The van der Waals surface area contributed by atoms with E-state index in [2.05, 4.69) is 39.3 Å². The SMILES string of the molecule is CSCc1c(C)cc(C)c(SC)c1C. The molecule has 0 unspecified atom stereocenters. The van der Waals surface area contributed by atoms with Gasteiger partial charge in [-0.25, -0.2) is 0 Å². The van der Waals surface area contributed by atoms with Gasteiger partial charge in [0.05, 0.1) is 0 Å². The highest BCUT2D eigenvalue weighted by atomic mass is 32.2. The summed E-state index contributed by atoms with van der Waals surface area (Å²) in [7, 11) is 0. The third-order valence-electron chi connectivity index (χ3n) is 2.55. The molecular weight excluding hydrogens is 208 g/mol. The monoisotopic (exact) mass is 226 g/mol. The first-order chi connectivity index (χ1) is 6.61. The minimum atomic E-state index is 1.13. The average Bonchev–Trinajstić information content (AvgIpc) is 2.12. The number of hydrogen-bond donors (Lipinski definition) is 0. The number of rotatable bonds is 3. The predicted octanol–water partition coefficient (Wildman–Crippen LogP) is 4.20. The van der Waals surface area contributed by atoms with E-state index in [4.69, 9.17) is 0 Å². The fraction of sp³-hybridized carbons (Fsp3) is 0.500. The molecule has 0 nitrogen and oxygen atoms in total. The molecule has 0 spiro atoms. The van der Waals surface area contributed by atoms with Crippen LogP contribution in [-0.4, -0.2) is 12.5 Å². The van der Waals surface area contributed by atoms with Gasteiger partial charge in [-0.3, -0.25) is 0 Å². The molecular formula is C12H18S2. The van der Waals surface area contributed by atoms with Crippen LogP contribution in [0.5, 0.6) is 0 Å². The van der Waals surface area contributed by atoms with Crippen molar-refractivity contribution < 1.29 is 0 Å². The van der Waals surface area contributed by atoms with Crippen LogP contribution >= 0.6 is 23.5 Å². The van der Waals surface area contributed by atoms with Crippen molar-refractivity contribution in [1.29, 1.82) is 0 Å². The van der Waals surface area contributed by atoms with Gasteiger partial charge in [-0.15, -0.1) is 11.8 Å². The number of aryl methyl sites for hydroxylation is 2. The molecule has 0 N–H and O–H groups in total. The standard InChI is InChI=1S/C12H18S2/c1-8-6-9(2)12(14-5)10(3)11(8)7-13-4/h6H,7H2,1-5H3. The molecule has 78 valence electrons. The molecule has 0 aromatic heterocycles. The van der Waals surface area contributed by atoms with Crippen molar-refractivity contribution in [3.63, 3.8) is 0 Å². The van der Waals surface area contributed by atoms with Crippen LogP contribution in [0.25, 0.3) is 0 Å². The van der Waals surface area contributed by atoms with Crippen molar-refractivity contribution >= 4 is 23.5 Å². The lowest BCUT2D eigenvalue weighted by atomic mass is 10.0. The average molecular weight is 226 g/mol. The van der Waals surface area contributed by atoms with Crippen LogP contribution in [0.15, 0.2) is 11.0 Å². The van der Waals surface area contributed by atoms with Crippen LogP contribution < -0.4 is 0 Å². The number of hydrogen-bond acceptors (Lipinski definition) is 2. The lowest BCUT2D eigenvalue weighted by Crippen LogP contribution is -1.96. The summed E-state index contributed by atoms with van der Waals surface area (Å²) in [4.78, 5) is 1.46. The van der Waals surface area contributed by atoms with E-state index in [0.717, 1.165) is 5.75 Å². The van der Waals surface area contributed by atoms with Crippen molar-refractivity contribution in [2.45, 2.75) is 31.4 Å². The van der Waals surface area contributed by atoms with Gasteiger partial charge in [0, 0.05) is 10.6 Å². The third-order valence-corrected chi connectivity index (χ3v) is 4.17. The lowest BCUT2D eigenvalue weighted by molar-refractivity contribution is 1.13. The largest absolute Gasteiger partial charge is 0.161 e. The fourth-order valence-electron chi connectivity index (χ4n) is 1.89. The molecule has 0 aliphatic rings. The second kappa shape index (κ2) is 5.13. The van der Waals surface area contributed by atoms with Crippen molar-refractivity contribution in [3.8, 4) is 0 Å². The molecule has 1 rings (SSSR count). The highest BCUT2D eigenvalue weighted by molar-refractivity contribution is 7.98. The van der Waals surface area contributed by atoms with Crippen molar-refractivity contribution in [2.24, 2.45) is 0 Å².